The molecule has 1 rings (SSSR count). The fourth-order valence-corrected chi connectivity index (χ4v) is 3.05. The maximum Gasteiger partial charge on any atom is 0.233 e. The lowest BCUT2D eigenvalue weighted by Crippen LogP contribution is -2.29. The summed E-state index contributed by atoms with van der Waals surface area (Å²) in [6, 6.07) is 5.14. The molecular weight excluding hydrogens is 328 g/mol. The van der Waals surface area contributed by atoms with Gasteiger partial charge in [0.05, 0.1) is 15.7 Å². The van der Waals surface area contributed by atoms with E-state index in [1.807, 2.05) is 0 Å². The van der Waals surface area contributed by atoms with Gasteiger partial charge in [0, 0.05) is 16.7 Å². The van der Waals surface area contributed by atoms with Gasteiger partial charge in [-0.05, 0) is 30.5 Å². The minimum atomic E-state index is -1.42. The van der Waals surface area contributed by atoms with Crippen LogP contribution in [0.3, 0.4) is 0 Å². The fourth-order valence-electron chi connectivity index (χ4n) is 1.45. The number of rotatable bonds is 6. The average molecular weight is 347 g/mol. The van der Waals surface area contributed by atoms with Crippen molar-refractivity contribution >= 4 is 38.3 Å². The van der Waals surface area contributed by atoms with E-state index in [0.717, 1.165) is 10.9 Å². The second kappa shape index (κ2) is 7.65. The topological polar surface area (TPSA) is 72.2 Å². The SMILES string of the molecule is CC(C)CCNC(=O)CS(=O)c1cc(Br)ccc1N. The fraction of sp³-hybridized carbons (Fsp3) is 0.462. The third-order valence-electron chi connectivity index (χ3n) is 2.53. The van der Waals surface area contributed by atoms with Gasteiger partial charge in [-0.15, -0.1) is 0 Å². The molecule has 0 aliphatic rings. The highest BCUT2D eigenvalue weighted by molar-refractivity contribution is 9.10. The first kappa shape index (κ1) is 16.2. The van der Waals surface area contributed by atoms with Gasteiger partial charge >= 0.3 is 0 Å². The van der Waals surface area contributed by atoms with Gasteiger partial charge in [0.1, 0.15) is 5.75 Å². The van der Waals surface area contributed by atoms with Crippen LogP contribution in [0.15, 0.2) is 27.6 Å². The van der Waals surface area contributed by atoms with E-state index in [2.05, 4.69) is 35.1 Å². The maximum absolute atomic E-state index is 12.1. The Bertz CT molecular complexity index is 478. The number of carbonyl (C=O) groups is 1. The summed E-state index contributed by atoms with van der Waals surface area (Å²) in [7, 11) is -1.42. The number of nitrogen functional groups attached to an aromatic ring is 1. The van der Waals surface area contributed by atoms with Gasteiger partial charge in [-0.1, -0.05) is 29.8 Å². The van der Waals surface area contributed by atoms with Crippen molar-refractivity contribution in [2.45, 2.75) is 25.2 Å². The van der Waals surface area contributed by atoms with E-state index >= 15 is 0 Å². The highest BCUT2D eigenvalue weighted by atomic mass is 79.9. The van der Waals surface area contributed by atoms with Crippen LogP contribution in [-0.2, 0) is 15.6 Å². The highest BCUT2D eigenvalue weighted by Gasteiger charge is 2.13. The molecule has 0 radical (unpaired) electrons. The minimum Gasteiger partial charge on any atom is -0.398 e. The van der Waals surface area contributed by atoms with Crippen LogP contribution in [0.25, 0.3) is 0 Å². The van der Waals surface area contributed by atoms with Crippen LogP contribution in [0.5, 0.6) is 0 Å². The smallest absolute Gasteiger partial charge is 0.233 e. The number of nitrogens with two attached hydrogens (primary N) is 1. The Balaban J connectivity index is 2.54. The summed E-state index contributed by atoms with van der Waals surface area (Å²) >= 11 is 3.30. The number of carbonyl (C=O) groups excluding carboxylic acids is 1. The first-order chi connectivity index (χ1) is 8.90. The third kappa shape index (κ3) is 5.74. The summed E-state index contributed by atoms with van der Waals surface area (Å²) < 4.78 is 12.9. The van der Waals surface area contributed by atoms with Gasteiger partial charge in [0.2, 0.25) is 5.91 Å². The van der Waals surface area contributed by atoms with Crippen LogP contribution in [-0.4, -0.2) is 22.4 Å². The highest BCUT2D eigenvalue weighted by Crippen LogP contribution is 2.21. The quantitative estimate of drug-likeness (QED) is 0.776. The molecule has 19 heavy (non-hydrogen) atoms. The molecule has 0 aliphatic heterocycles. The van der Waals surface area contributed by atoms with Crippen molar-refractivity contribution in [3.8, 4) is 0 Å². The molecule has 0 aliphatic carbocycles. The molecule has 106 valence electrons. The Morgan fingerprint density at radius 1 is 1.47 bits per heavy atom. The van der Waals surface area contributed by atoms with Gasteiger partial charge in [0.25, 0.3) is 0 Å². The predicted molar refractivity (Wildman–Crippen MR) is 82.3 cm³/mol. The van der Waals surface area contributed by atoms with E-state index in [1.54, 1.807) is 18.2 Å². The predicted octanol–water partition coefficient (Wildman–Crippen LogP) is 2.30. The first-order valence-corrected chi connectivity index (χ1v) is 8.21. The summed E-state index contributed by atoms with van der Waals surface area (Å²) in [6.45, 7) is 4.79. The average Bonchev–Trinajstić information content (AvgIpc) is 2.31. The van der Waals surface area contributed by atoms with Crippen molar-refractivity contribution in [2.75, 3.05) is 18.0 Å². The van der Waals surface area contributed by atoms with Crippen molar-refractivity contribution in [3.05, 3.63) is 22.7 Å². The van der Waals surface area contributed by atoms with E-state index in [9.17, 15) is 9.00 Å². The largest absolute Gasteiger partial charge is 0.398 e. The molecule has 4 nitrogen and oxygen atoms in total. The van der Waals surface area contributed by atoms with E-state index in [4.69, 9.17) is 5.73 Å². The molecule has 0 saturated heterocycles. The molecule has 0 bridgehead atoms. The molecule has 0 fully saturated rings. The van der Waals surface area contributed by atoms with Gasteiger partial charge in [-0.2, -0.15) is 0 Å². The van der Waals surface area contributed by atoms with Crippen molar-refractivity contribution in [1.82, 2.24) is 5.32 Å². The molecule has 1 atom stereocenters. The first-order valence-electron chi connectivity index (χ1n) is 6.10. The Morgan fingerprint density at radius 2 is 2.16 bits per heavy atom. The molecule has 0 heterocycles. The number of halogens is 1. The van der Waals surface area contributed by atoms with Gasteiger partial charge in [0.15, 0.2) is 0 Å². The molecule has 1 amide bonds. The lowest BCUT2D eigenvalue weighted by Gasteiger charge is -2.08. The number of amides is 1. The van der Waals surface area contributed by atoms with Crippen LogP contribution >= 0.6 is 15.9 Å². The van der Waals surface area contributed by atoms with Crippen molar-refractivity contribution in [1.29, 1.82) is 0 Å². The van der Waals surface area contributed by atoms with E-state index in [-0.39, 0.29) is 11.7 Å². The van der Waals surface area contributed by atoms with Crippen LogP contribution in [0.2, 0.25) is 0 Å². The number of benzene rings is 1. The monoisotopic (exact) mass is 346 g/mol. The molecule has 0 spiro atoms. The zero-order chi connectivity index (χ0) is 14.4. The Labute approximate surface area is 124 Å². The summed E-state index contributed by atoms with van der Waals surface area (Å²) in [5.74, 6) is 0.267. The van der Waals surface area contributed by atoms with Crippen LogP contribution in [0.1, 0.15) is 20.3 Å². The normalized spacial score (nSPS) is 12.4. The van der Waals surface area contributed by atoms with E-state index in [0.29, 0.717) is 23.0 Å². The Kier molecular flexibility index (Phi) is 6.51. The van der Waals surface area contributed by atoms with Gasteiger partial charge in [-0.25, -0.2) is 0 Å². The van der Waals surface area contributed by atoms with Crippen LogP contribution in [0, 0.1) is 5.92 Å². The summed E-state index contributed by atoms with van der Waals surface area (Å²) in [6.07, 6.45) is 0.914. The standard InChI is InChI=1S/C13H19BrN2O2S/c1-9(2)5-6-16-13(17)8-19(18)12-7-10(14)3-4-11(12)15/h3-4,7,9H,5-6,8,15H2,1-2H3,(H,16,17). The summed E-state index contributed by atoms with van der Waals surface area (Å²) in [5.41, 5.74) is 6.20. The van der Waals surface area contributed by atoms with E-state index < -0.39 is 10.8 Å². The maximum atomic E-state index is 12.1. The summed E-state index contributed by atoms with van der Waals surface area (Å²) in [5, 5.41) is 2.76. The molecular formula is C13H19BrN2O2S. The molecule has 1 aromatic rings. The van der Waals surface area contributed by atoms with Gasteiger partial charge in [-0.3, -0.25) is 9.00 Å². The summed E-state index contributed by atoms with van der Waals surface area (Å²) in [4.78, 5) is 12.1. The molecule has 6 heteroatoms. The second-order valence-electron chi connectivity index (χ2n) is 4.70. The molecule has 0 saturated carbocycles. The molecule has 3 N–H and O–H groups in total. The second-order valence-corrected chi connectivity index (χ2v) is 7.04. The molecule has 1 unspecified atom stereocenters. The number of nitrogens with one attached hydrogen (secondary N) is 1. The van der Waals surface area contributed by atoms with Crippen molar-refractivity contribution in [2.24, 2.45) is 5.92 Å². The van der Waals surface area contributed by atoms with Crippen LogP contribution in [0.4, 0.5) is 5.69 Å². The molecule has 1 aromatic carbocycles. The van der Waals surface area contributed by atoms with Crippen molar-refractivity contribution < 1.29 is 9.00 Å². The third-order valence-corrected chi connectivity index (χ3v) is 4.39. The lowest BCUT2D eigenvalue weighted by atomic mass is 10.1. The number of hydrogen-bond acceptors (Lipinski definition) is 3. The number of hydrogen-bond donors (Lipinski definition) is 2. The van der Waals surface area contributed by atoms with Crippen molar-refractivity contribution in [3.63, 3.8) is 0 Å². The van der Waals surface area contributed by atoms with Gasteiger partial charge < -0.3 is 11.1 Å². The Hall–Kier alpha value is -0.880. The minimum absolute atomic E-state index is 0.0568. The lowest BCUT2D eigenvalue weighted by molar-refractivity contribution is -0.118. The zero-order valence-electron chi connectivity index (χ0n) is 11.1. The van der Waals surface area contributed by atoms with Crippen LogP contribution < -0.4 is 11.1 Å². The zero-order valence-corrected chi connectivity index (χ0v) is 13.5. The van der Waals surface area contributed by atoms with E-state index in [1.165, 1.54) is 0 Å². The molecule has 0 aromatic heterocycles. The number of anilines is 1. The Morgan fingerprint density at radius 3 is 2.79 bits per heavy atom.